The summed E-state index contributed by atoms with van der Waals surface area (Å²) in [5, 5.41) is 2.85. The molecule has 0 saturated heterocycles. The molecule has 6 heteroatoms. The number of urea groups is 1. The Labute approximate surface area is 183 Å². The lowest BCUT2D eigenvalue weighted by Crippen LogP contribution is -2.43. The van der Waals surface area contributed by atoms with E-state index in [0.29, 0.717) is 6.54 Å². The summed E-state index contributed by atoms with van der Waals surface area (Å²) in [6, 6.07) is 12.3. The zero-order valence-electron chi connectivity index (χ0n) is 17.0. The van der Waals surface area contributed by atoms with Gasteiger partial charge in [0.25, 0.3) is 5.91 Å². The standard InChI is InChI=1S/C23H28Cl2N2O2/c1-3-5-7-16-27(18-14-12-17(13-15-18)9-6-4-2)23(29)26-22(28)21-19(24)10-8-11-20(21)25/h8,10-15H,3-7,9,16H2,1-2H3,(H,26,28,29). The van der Waals surface area contributed by atoms with Gasteiger partial charge in [0.2, 0.25) is 0 Å². The number of hydrogen-bond acceptors (Lipinski definition) is 2. The number of halogens is 2. The van der Waals surface area contributed by atoms with E-state index in [1.165, 1.54) is 5.56 Å². The number of imide groups is 1. The average Bonchev–Trinajstić information content (AvgIpc) is 2.70. The predicted molar refractivity (Wildman–Crippen MR) is 121 cm³/mol. The van der Waals surface area contributed by atoms with E-state index < -0.39 is 11.9 Å². The second-order valence-electron chi connectivity index (χ2n) is 6.98. The van der Waals surface area contributed by atoms with Crippen LogP contribution in [0.15, 0.2) is 42.5 Å². The van der Waals surface area contributed by atoms with Crippen molar-refractivity contribution in [2.75, 3.05) is 11.4 Å². The summed E-state index contributed by atoms with van der Waals surface area (Å²) in [7, 11) is 0. The molecule has 0 aliphatic carbocycles. The third-order valence-corrected chi connectivity index (χ3v) is 5.34. The Bertz CT molecular complexity index is 802. The Morgan fingerprint density at radius 3 is 2.10 bits per heavy atom. The molecule has 156 valence electrons. The summed E-state index contributed by atoms with van der Waals surface area (Å²) in [6.45, 7) is 4.80. The molecule has 0 aliphatic rings. The Hall–Kier alpha value is -2.04. The minimum Gasteiger partial charge on any atom is -0.294 e. The van der Waals surface area contributed by atoms with E-state index in [2.05, 4.69) is 19.2 Å². The van der Waals surface area contributed by atoms with Gasteiger partial charge < -0.3 is 0 Å². The second-order valence-corrected chi connectivity index (χ2v) is 7.80. The Morgan fingerprint density at radius 2 is 1.52 bits per heavy atom. The molecule has 0 bridgehead atoms. The summed E-state index contributed by atoms with van der Waals surface area (Å²) >= 11 is 12.2. The maximum Gasteiger partial charge on any atom is 0.328 e. The molecule has 2 rings (SSSR count). The van der Waals surface area contributed by atoms with Gasteiger partial charge in [-0.1, -0.05) is 74.5 Å². The number of anilines is 1. The molecule has 3 amide bonds. The molecular weight excluding hydrogens is 407 g/mol. The molecule has 0 radical (unpaired) electrons. The highest BCUT2D eigenvalue weighted by Crippen LogP contribution is 2.24. The van der Waals surface area contributed by atoms with Crippen molar-refractivity contribution < 1.29 is 9.59 Å². The van der Waals surface area contributed by atoms with Gasteiger partial charge in [0.15, 0.2) is 0 Å². The van der Waals surface area contributed by atoms with Gasteiger partial charge in [-0.25, -0.2) is 4.79 Å². The minimum atomic E-state index is -0.606. The second kappa shape index (κ2) is 11.8. The molecule has 0 spiro atoms. The third kappa shape index (κ3) is 6.76. The molecule has 0 aromatic heterocycles. The molecule has 2 aromatic carbocycles. The maximum absolute atomic E-state index is 12.9. The number of unbranched alkanes of at least 4 members (excludes halogenated alkanes) is 3. The van der Waals surface area contributed by atoms with Crippen LogP contribution in [0.3, 0.4) is 0 Å². The molecule has 29 heavy (non-hydrogen) atoms. The predicted octanol–water partition coefficient (Wildman–Crippen LogP) is 6.88. The van der Waals surface area contributed by atoms with Crippen molar-refractivity contribution in [2.24, 2.45) is 0 Å². The highest BCUT2D eigenvalue weighted by atomic mass is 35.5. The van der Waals surface area contributed by atoms with E-state index in [-0.39, 0.29) is 15.6 Å². The normalized spacial score (nSPS) is 10.6. The fourth-order valence-electron chi connectivity index (χ4n) is 3.03. The molecule has 2 aromatic rings. The van der Waals surface area contributed by atoms with Crippen LogP contribution in [0.5, 0.6) is 0 Å². The highest BCUT2D eigenvalue weighted by molar-refractivity contribution is 6.40. The van der Waals surface area contributed by atoms with Crippen LogP contribution in [0.2, 0.25) is 10.0 Å². The Morgan fingerprint density at radius 1 is 0.897 bits per heavy atom. The van der Waals surface area contributed by atoms with E-state index in [4.69, 9.17) is 23.2 Å². The van der Waals surface area contributed by atoms with Crippen molar-refractivity contribution in [1.82, 2.24) is 5.32 Å². The van der Waals surface area contributed by atoms with Crippen LogP contribution in [-0.2, 0) is 6.42 Å². The van der Waals surface area contributed by atoms with E-state index in [1.54, 1.807) is 23.1 Å². The summed E-state index contributed by atoms with van der Waals surface area (Å²) in [4.78, 5) is 27.1. The molecule has 4 nitrogen and oxygen atoms in total. The lowest BCUT2D eigenvalue weighted by Gasteiger charge is -2.23. The van der Waals surface area contributed by atoms with Crippen LogP contribution in [0.25, 0.3) is 0 Å². The number of amides is 3. The van der Waals surface area contributed by atoms with Gasteiger partial charge in [0, 0.05) is 12.2 Å². The smallest absolute Gasteiger partial charge is 0.294 e. The summed E-state index contributed by atoms with van der Waals surface area (Å²) in [5.74, 6) is -0.606. The van der Waals surface area contributed by atoms with Crippen molar-refractivity contribution in [3.8, 4) is 0 Å². The van der Waals surface area contributed by atoms with Crippen molar-refractivity contribution in [1.29, 1.82) is 0 Å². The zero-order chi connectivity index (χ0) is 21.2. The monoisotopic (exact) mass is 434 g/mol. The number of nitrogens with one attached hydrogen (secondary N) is 1. The van der Waals surface area contributed by atoms with Crippen molar-refractivity contribution in [3.05, 3.63) is 63.6 Å². The average molecular weight is 435 g/mol. The fourth-order valence-corrected chi connectivity index (χ4v) is 3.60. The molecule has 0 saturated carbocycles. The molecule has 0 atom stereocenters. The highest BCUT2D eigenvalue weighted by Gasteiger charge is 2.21. The number of benzene rings is 2. The molecular formula is C23H28Cl2N2O2. The van der Waals surface area contributed by atoms with Gasteiger partial charge in [-0.2, -0.15) is 0 Å². The Balaban J connectivity index is 2.17. The van der Waals surface area contributed by atoms with Crippen molar-refractivity contribution in [2.45, 2.75) is 52.4 Å². The molecule has 0 aliphatic heterocycles. The number of nitrogens with zero attached hydrogens (tertiary/aromatic N) is 1. The zero-order valence-corrected chi connectivity index (χ0v) is 18.5. The lowest BCUT2D eigenvalue weighted by atomic mass is 10.1. The van der Waals surface area contributed by atoms with Crippen LogP contribution in [0.4, 0.5) is 10.5 Å². The number of carbonyl (C=O) groups is 2. The molecule has 0 unspecified atom stereocenters. The van der Waals surface area contributed by atoms with Crippen LogP contribution < -0.4 is 10.2 Å². The van der Waals surface area contributed by atoms with E-state index in [1.807, 2.05) is 24.3 Å². The van der Waals surface area contributed by atoms with Gasteiger partial charge in [-0.15, -0.1) is 0 Å². The van der Waals surface area contributed by atoms with Crippen LogP contribution >= 0.6 is 23.2 Å². The van der Waals surface area contributed by atoms with E-state index in [9.17, 15) is 9.59 Å². The topological polar surface area (TPSA) is 49.4 Å². The summed E-state index contributed by atoms with van der Waals surface area (Å²) in [6.07, 6.45) is 6.18. The quantitative estimate of drug-likeness (QED) is 0.437. The van der Waals surface area contributed by atoms with Gasteiger partial charge in [0.05, 0.1) is 15.6 Å². The molecule has 0 fully saturated rings. The lowest BCUT2D eigenvalue weighted by molar-refractivity contribution is 0.0966. The van der Waals surface area contributed by atoms with Gasteiger partial charge in [0.1, 0.15) is 0 Å². The van der Waals surface area contributed by atoms with E-state index >= 15 is 0 Å². The third-order valence-electron chi connectivity index (χ3n) is 4.71. The number of aryl methyl sites for hydroxylation is 1. The van der Waals surface area contributed by atoms with Gasteiger partial charge in [-0.05, 0) is 49.1 Å². The Kier molecular flexibility index (Phi) is 9.49. The SMILES string of the molecule is CCCCCN(C(=O)NC(=O)c1c(Cl)cccc1Cl)c1ccc(CCCC)cc1. The van der Waals surface area contributed by atoms with Crippen LogP contribution in [0.1, 0.15) is 61.9 Å². The first-order valence-electron chi connectivity index (χ1n) is 10.1. The first kappa shape index (κ1) is 23.2. The number of hydrogen-bond donors (Lipinski definition) is 1. The summed E-state index contributed by atoms with van der Waals surface area (Å²) < 4.78 is 0. The largest absolute Gasteiger partial charge is 0.328 e. The van der Waals surface area contributed by atoms with E-state index in [0.717, 1.165) is 44.2 Å². The maximum atomic E-state index is 12.9. The van der Waals surface area contributed by atoms with Gasteiger partial charge in [-0.3, -0.25) is 15.0 Å². The number of rotatable bonds is 9. The fraction of sp³-hybridized carbons (Fsp3) is 0.391. The molecule has 1 N–H and O–H groups in total. The van der Waals surface area contributed by atoms with Gasteiger partial charge >= 0.3 is 6.03 Å². The van der Waals surface area contributed by atoms with Crippen LogP contribution in [-0.4, -0.2) is 18.5 Å². The van der Waals surface area contributed by atoms with Crippen molar-refractivity contribution in [3.63, 3.8) is 0 Å². The first-order chi connectivity index (χ1) is 14.0. The van der Waals surface area contributed by atoms with Crippen LogP contribution in [0, 0.1) is 0 Å². The number of carbonyl (C=O) groups excluding carboxylic acids is 2. The molecule has 0 heterocycles. The first-order valence-corrected chi connectivity index (χ1v) is 10.9. The minimum absolute atomic E-state index is 0.104. The van der Waals surface area contributed by atoms with Crippen molar-refractivity contribution >= 4 is 40.8 Å². The summed E-state index contributed by atoms with van der Waals surface area (Å²) in [5.41, 5.74) is 2.10.